The van der Waals surface area contributed by atoms with Crippen molar-refractivity contribution in [1.82, 2.24) is 10.6 Å². The molecule has 2 N–H and O–H groups in total. The highest BCUT2D eigenvalue weighted by Gasteiger charge is 2.31. The van der Waals surface area contributed by atoms with Gasteiger partial charge >= 0.3 is 5.97 Å². The van der Waals surface area contributed by atoms with Gasteiger partial charge in [-0.2, -0.15) is 0 Å². The number of carbonyl (C=O) groups excluding carboxylic acids is 3. The van der Waals surface area contributed by atoms with E-state index in [1.54, 1.807) is 38.5 Å². The second kappa shape index (κ2) is 17.0. The fourth-order valence-electron chi connectivity index (χ4n) is 3.41. The third-order valence-electron chi connectivity index (χ3n) is 5.68. The number of methoxy groups -OCH3 is 2. The van der Waals surface area contributed by atoms with Crippen LogP contribution in [0.2, 0.25) is 0 Å². The number of allylic oxidation sites excluding steroid dienone is 4. The number of amides is 2. The number of hydrogen-bond donors (Lipinski definition) is 2. The highest BCUT2D eigenvalue weighted by atomic mass is 16.6. The van der Waals surface area contributed by atoms with Crippen LogP contribution in [0.15, 0.2) is 60.1 Å². The first-order valence-corrected chi connectivity index (χ1v) is 12.7. The molecule has 1 rings (SSSR count). The highest BCUT2D eigenvalue weighted by Crippen LogP contribution is 2.20. The van der Waals surface area contributed by atoms with Crippen molar-refractivity contribution >= 4 is 17.8 Å². The van der Waals surface area contributed by atoms with Crippen LogP contribution in [-0.4, -0.2) is 50.3 Å². The smallest absolute Gasteiger partial charge is 0.373 e. The molecule has 0 fully saturated rings. The Balaban J connectivity index is 2.60. The lowest BCUT2D eigenvalue weighted by atomic mass is 9.86. The van der Waals surface area contributed by atoms with E-state index in [0.29, 0.717) is 25.7 Å². The second-order valence-electron chi connectivity index (χ2n) is 9.88. The van der Waals surface area contributed by atoms with Crippen LogP contribution in [0.4, 0.5) is 0 Å². The molecule has 1 aliphatic rings. The molecule has 8 nitrogen and oxygen atoms in total. The van der Waals surface area contributed by atoms with Gasteiger partial charge in [0.15, 0.2) is 5.76 Å². The lowest BCUT2D eigenvalue weighted by Crippen LogP contribution is -2.52. The van der Waals surface area contributed by atoms with Crippen LogP contribution < -0.4 is 10.6 Å². The summed E-state index contributed by atoms with van der Waals surface area (Å²) in [5, 5.41) is 5.54. The van der Waals surface area contributed by atoms with Gasteiger partial charge in [0.1, 0.15) is 12.1 Å². The summed E-state index contributed by atoms with van der Waals surface area (Å²) in [5.74, 6) is 4.93. The largest absolute Gasteiger partial charge is 0.490 e. The predicted octanol–water partition coefficient (Wildman–Crippen LogP) is 4.26. The van der Waals surface area contributed by atoms with E-state index in [1.807, 2.05) is 45.9 Å². The van der Waals surface area contributed by atoms with E-state index in [1.165, 1.54) is 13.2 Å². The Morgan fingerprint density at radius 3 is 2.55 bits per heavy atom. The van der Waals surface area contributed by atoms with E-state index in [-0.39, 0.29) is 29.8 Å². The molecule has 0 aromatic carbocycles. The average molecular weight is 527 g/mol. The Kier molecular flexibility index (Phi) is 14.6. The van der Waals surface area contributed by atoms with Crippen molar-refractivity contribution in [2.75, 3.05) is 14.2 Å². The van der Waals surface area contributed by atoms with E-state index in [9.17, 15) is 14.4 Å². The number of rotatable bonds is 13. The normalized spacial score (nSPS) is 18.0. The summed E-state index contributed by atoms with van der Waals surface area (Å²) in [6.45, 7) is 9.37. The number of ether oxygens (including phenoxy) is 3. The lowest BCUT2D eigenvalue weighted by molar-refractivity contribution is -0.149. The van der Waals surface area contributed by atoms with Crippen molar-refractivity contribution in [3.05, 3.63) is 60.1 Å². The Hall–Kier alpha value is -3.57. The molecule has 0 spiro atoms. The van der Waals surface area contributed by atoms with Crippen LogP contribution in [0.1, 0.15) is 60.3 Å². The summed E-state index contributed by atoms with van der Waals surface area (Å²) in [4.78, 5) is 37.0. The predicted molar refractivity (Wildman–Crippen MR) is 148 cm³/mol. The van der Waals surface area contributed by atoms with Gasteiger partial charge in [0.25, 0.3) is 0 Å². The Labute approximate surface area is 227 Å². The maximum Gasteiger partial charge on any atom is 0.373 e. The summed E-state index contributed by atoms with van der Waals surface area (Å²) in [5.41, 5.74) is 0.466. The average Bonchev–Trinajstić information content (AvgIpc) is 2.87. The van der Waals surface area contributed by atoms with Crippen LogP contribution in [0, 0.1) is 17.3 Å². The molecular weight excluding hydrogens is 484 g/mol. The number of carbonyl (C=O) groups is 3. The SMILES string of the molecule is CC#CCC(C/C=C\NC(=O)C(NC(=O)\C=C/C=C\C(C)=C\CC1CC=C(OC)C(=O)O1)C(C)(C)C)OC. The van der Waals surface area contributed by atoms with Crippen molar-refractivity contribution in [1.29, 1.82) is 0 Å². The first kappa shape index (κ1) is 32.5. The Morgan fingerprint density at radius 2 is 1.95 bits per heavy atom. The minimum absolute atomic E-state index is 0.0450. The first-order valence-electron chi connectivity index (χ1n) is 12.7. The highest BCUT2D eigenvalue weighted by molar-refractivity contribution is 5.93. The van der Waals surface area contributed by atoms with Crippen molar-refractivity contribution in [2.45, 2.75) is 78.6 Å². The summed E-state index contributed by atoms with van der Waals surface area (Å²) in [7, 11) is 3.07. The maximum absolute atomic E-state index is 12.8. The molecule has 1 aliphatic heterocycles. The molecule has 3 unspecified atom stereocenters. The molecule has 0 bridgehead atoms. The molecular formula is C30H42N2O6. The lowest BCUT2D eigenvalue weighted by Gasteiger charge is -2.29. The van der Waals surface area contributed by atoms with Crippen LogP contribution >= 0.6 is 0 Å². The van der Waals surface area contributed by atoms with Crippen LogP contribution in [0.5, 0.6) is 0 Å². The van der Waals surface area contributed by atoms with Gasteiger partial charge in [0.05, 0.1) is 13.2 Å². The number of hydrogen-bond acceptors (Lipinski definition) is 6. The van der Waals surface area contributed by atoms with Crippen LogP contribution in [-0.2, 0) is 28.6 Å². The fraction of sp³-hybridized carbons (Fsp3) is 0.500. The van der Waals surface area contributed by atoms with Gasteiger partial charge in [-0.05, 0) is 38.0 Å². The molecule has 0 aromatic rings. The standard InChI is InChI=1S/C30H42N2O6/c1-8-9-14-23(36-6)15-12-21-31-28(34)27(30(3,4)5)32-26(33)16-11-10-13-22(2)17-18-24-19-20-25(37-7)29(35)38-24/h10-13,16-17,20-21,23-24,27H,14-15,18-19H2,1-7H3,(H,31,34)(H,32,33)/b13-10-,16-11-,21-12-,22-17+. The molecule has 0 saturated heterocycles. The quantitative estimate of drug-likeness (QED) is 0.161. The second-order valence-corrected chi connectivity index (χ2v) is 9.88. The zero-order valence-corrected chi connectivity index (χ0v) is 23.6. The molecule has 3 atom stereocenters. The van der Waals surface area contributed by atoms with Gasteiger partial charge in [-0.15, -0.1) is 11.8 Å². The molecule has 0 aliphatic carbocycles. The van der Waals surface area contributed by atoms with Gasteiger partial charge in [-0.25, -0.2) is 4.79 Å². The van der Waals surface area contributed by atoms with Gasteiger partial charge < -0.3 is 24.8 Å². The van der Waals surface area contributed by atoms with E-state index in [0.717, 1.165) is 5.57 Å². The molecule has 0 aromatic heterocycles. The van der Waals surface area contributed by atoms with Crippen molar-refractivity contribution in [3.8, 4) is 11.8 Å². The van der Waals surface area contributed by atoms with Crippen molar-refractivity contribution < 1.29 is 28.6 Å². The number of nitrogens with one attached hydrogen (secondary N) is 2. The van der Waals surface area contributed by atoms with Gasteiger partial charge in [0, 0.05) is 32.4 Å². The van der Waals surface area contributed by atoms with Gasteiger partial charge in [0.2, 0.25) is 11.8 Å². The molecule has 208 valence electrons. The summed E-state index contributed by atoms with van der Waals surface area (Å²) in [6.07, 6.45) is 15.8. The van der Waals surface area contributed by atoms with E-state index in [4.69, 9.17) is 14.2 Å². The van der Waals surface area contributed by atoms with Crippen molar-refractivity contribution in [3.63, 3.8) is 0 Å². The zero-order valence-electron chi connectivity index (χ0n) is 23.6. The summed E-state index contributed by atoms with van der Waals surface area (Å²) in [6, 6.07) is -0.732. The third kappa shape index (κ3) is 12.6. The summed E-state index contributed by atoms with van der Waals surface area (Å²) < 4.78 is 15.6. The molecule has 8 heteroatoms. The Bertz CT molecular complexity index is 1020. The molecule has 0 saturated carbocycles. The minimum Gasteiger partial charge on any atom is -0.490 e. The monoisotopic (exact) mass is 526 g/mol. The minimum atomic E-state index is -0.732. The van der Waals surface area contributed by atoms with Crippen LogP contribution in [0.25, 0.3) is 0 Å². The van der Waals surface area contributed by atoms with E-state index < -0.39 is 17.4 Å². The summed E-state index contributed by atoms with van der Waals surface area (Å²) >= 11 is 0. The molecule has 38 heavy (non-hydrogen) atoms. The van der Waals surface area contributed by atoms with E-state index in [2.05, 4.69) is 22.5 Å². The fourth-order valence-corrected chi connectivity index (χ4v) is 3.41. The first-order chi connectivity index (χ1) is 18.0. The zero-order chi connectivity index (χ0) is 28.6. The molecule has 0 radical (unpaired) electrons. The molecule has 1 heterocycles. The number of esters is 1. The van der Waals surface area contributed by atoms with Crippen LogP contribution in [0.3, 0.4) is 0 Å². The van der Waals surface area contributed by atoms with Gasteiger partial charge in [-0.3, -0.25) is 9.59 Å². The Morgan fingerprint density at radius 1 is 1.24 bits per heavy atom. The van der Waals surface area contributed by atoms with Gasteiger partial charge in [-0.1, -0.05) is 56.7 Å². The van der Waals surface area contributed by atoms with Crippen molar-refractivity contribution in [2.24, 2.45) is 5.41 Å². The molecule has 2 amide bonds. The third-order valence-corrected chi connectivity index (χ3v) is 5.68. The topological polar surface area (TPSA) is 103 Å². The number of cyclic esters (lactones) is 1. The maximum atomic E-state index is 12.8. The van der Waals surface area contributed by atoms with E-state index >= 15 is 0 Å².